The van der Waals surface area contributed by atoms with Crippen molar-refractivity contribution in [2.75, 3.05) is 39.3 Å². The highest BCUT2D eigenvalue weighted by Crippen LogP contribution is 2.31. The summed E-state index contributed by atoms with van der Waals surface area (Å²) in [5.41, 5.74) is 0.925. The number of sulfonamides is 1. The number of rotatable bonds is 9. The molecule has 0 radical (unpaired) electrons. The topological polar surface area (TPSA) is 142 Å². The molecule has 4 rings (SSSR count). The van der Waals surface area contributed by atoms with Gasteiger partial charge in [-0.3, -0.25) is 14.5 Å². The summed E-state index contributed by atoms with van der Waals surface area (Å²) in [5.74, 6) is 1.15. The van der Waals surface area contributed by atoms with E-state index < -0.39 is 10.0 Å². The summed E-state index contributed by atoms with van der Waals surface area (Å²) in [4.78, 5) is 34.3. The molecular formula is C25H35N7O5S. The second-order valence-electron chi connectivity index (χ2n) is 9.52. The number of amides is 1. The van der Waals surface area contributed by atoms with Crippen molar-refractivity contribution in [2.45, 2.75) is 52.0 Å². The van der Waals surface area contributed by atoms with Gasteiger partial charge in [0.15, 0.2) is 11.3 Å². The van der Waals surface area contributed by atoms with Gasteiger partial charge >= 0.3 is 0 Å². The van der Waals surface area contributed by atoms with E-state index in [4.69, 9.17) is 4.74 Å². The Morgan fingerprint density at radius 1 is 1.18 bits per heavy atom. The maximum Gasteiger partial charge on any atom is 0.277 e. The molecule has 1 aliphatic heterocycles. The van der Waals surface area contributed by atoms with Gasteiger partial charge in [0.25, 0.3) is 5.56 Å². The molecule has 1 amide bonds. The lowest BCUT2D eigenvalue weighted by Crippen LogP contribution is -2.51. The second kappa shape index (κ2) is 11.2. The fourth-order valence-corrected chi connectivity index (χ4v) is 6.02. The van der Waals surface area contributed by atoms with Crippen molar-refractivity contribution in [1.82, 2.24) is 34.1 Å². The molecular weight excluding hydrogens is 510 g/mol. The van der Waals surface area contributed by atoms with Crippen LogP contribution in [0.25, 0.3) is 16.9 Å². The SMILES string of the molecule is CCOc1ccc(S(=O)(=O)N2CCN(CC(=O)NC(C)C)CC2)cc1-c1nn2c(CC)nc(C)c2c(=O)[nH]1. The van der Waals surface area contributed by atoms with Gasteiger partial charge in [0.2, 0.25) is 15.9 Å². The molecule has 12 nitrogen and oxygen atoms in total. The van der Waals surface area contributed by atoms with Gasteiger partial charge in [0.1, 0.15) is 11.6 Å². The van der Waals surface area contributed by atoms with Gasteiger partial charge in [-0.2, -0.15) is 4.31 Å². The standard InChI is InChI=1S/C25H35N7O5S/c1-6-21-27-17(5)23-25(34)28-24(29-32(21)23)19-14-18(8-9-20(19)37-7-2)38(35,36)31-12-10-30(11-13-31)15-22(33)26-16(3)4/h8-9,14,16H,6-7,10-13,15H2,1-5H3,(H,26,33)(H,28,29,34). The quantitative estimate of drug-likeness (QED) is 0.408. The maximum absolute atomic E-state index is 13.6. The first-order chi connectivity index (χ1) is 18.0. The Balaban J connectivity index is 1.64. The number of carbonyl (C=O) groups excluding carboxylic acids is 1. The van der Waals surface area contributed by atoms with Gasteiger partial charge in [0.05, 0.1) is 29.3 Å². The smallest absolute Gasteiger partial charge is 0.277 e. The number of ether oxygens (including phenoxy) is 1. The summed E-state index contributed by atoms with van der Waals surface area (Å²) in [6.45, 7) is 11.3. The molecule has 0 saturated carbocycles. The number of hydrogen-bond donors (Lipinski definition) is 2. The van der Waals surface area contributed by atoms with E-state index in [1.807, 2.05) is 32.6 Å². The minimum absolute atomic E-state index is 0.0505. The number of H-pyrrole nitrogens is 1. The van der Waals surface area contributed by atoms with Crippen molar-refractivity contribution in [3.05, 3.63) is 40.1 Å². The number of aromatic amines is 1. The first kappa shape index (κ1) is 27.7. The molecule has 38 heavy (non-hydrogen) atoms. The first-order valence-electron chi connectivity index (χ1n) is 12.8. The van der Waals surface area contributed by atoms with Crippen LogP contribution in [0.5, 0.6) is 5.75 Å². The maximum atomic E-state index is 13.6. The van der Waals surface area contributed by atoms with Crippen LogP contribution in [0.4, 0.5) is 0 Å². The number of fused-ring (bicyclic) bond motifs is 1. The van der Waals surface area contributed by atoms with Crippen LogP contribution in [0.2, 0.25) is 0 Å². The molecule has 2 aromatic heterocycles. The lowest BCUT2D eigenvalue weighted by Gasteiger charge is -2.33. The van der Waals surface area contributed by atoms with Crippen LogP contribution < -0.4 is 15.6 Å². The van der Waals surface area contributed by atoms with Gasteiger partial charge in [-0.05, 0) is 45.9 Å². The summed E-state index contributed by atoms with van der Waals surface area (Å²) in [6, 6.07) is 4.63. The Bertz CT molecular complexity index is 1490. The number of aryl methyl sites for hydroxylation is 2. The fourth-order valence-electron chi connectivity index (χ4n) is 4.57. The molecule has 1 aliphatic rings. The molecule has 2 N–H and O–H groups in total. The molecule has 1 saturated heterocycles. The van der Waals surface area contributed by atoms with E-state index in [1.165, 1.54) is 21.0 Å². The Labute approximate surface area is 222 Å². The van der Waals surface area contributed by atoms with E-state index in [0.717, 1.165) is 0 Å². The highest BCUT2D eigenvalue weighted by Gasteiger charge is 2.30. The molecule has 3 aromatic rings. The molecule has 3 heterocycles. The van der Waals surface area contributed by atoms with Crippen LogP contribution in [0.15, 0.2) is 27.9 Å². The van der Waals surface area contributed by atoms with Crippen molar-refractivity contribution in [2.24, 2.45) is 0 Å². The highest BCUT2D eigenvalue weighted by atomic mass is 32.2. The summed E-state index contributed by atoms with van der Waals surface area (Å²) in [6.07, 6.45) is 0.572. The highest BCUT2D eigenvalue weighted by molar-refractivity contribution is 7.89. The number of carbonyl (C=O) groups is 1. The Kier molecular flexibility index (Phi) is 8.19. The van der Waals surface area contributed by atoms with Crippen molar-refractivity contribution < 1.29 is 17.9 Å². The summed E-state index contributed by atoms with van der Waals surface area (Å²) < 4.78 is 35.8. The fraction of sp³-hybridized carbons (Fsp3) is 0.520. The normalized spacial score (nSPS) is 15.3. The number of aromatic nitrogens is 4. The van der Waals surface area contributed by atoms with Crippen LogP contribution in [0.1, 0.15) is 39.2 Å². The number of hydrogen-bond acceptors (Lipinski definition) is 8. The molecule has 206 valence electrons. The van der Waals surface area contributed by atoms with Crippen molar-refractivity contribution in [3.8, 4) is 17.1 Å². The first-order valence-corrected chi connectivity index (χ1v) is 14.3. The molecule has 1 aromatic carbocycles. The number of imidazole rings is 1. The molecule has 0 spiro atoms. The zero-order valence-corrected chi connectivity index (χ0v) is 23.3. The van der Waals surface area contributed by atoms with Crippen LogP contribution in [-0.4, -0.2) is 88.5 Å². The number of nitrogens with one attached hydrogen (secondary N) is 2. The number of nitrogens with zero attached hydrogens (tertiary/aromatic N) is 5. The minimum Gasteiger partial charge on any atom is -0.493 e. The second-order valence-corrected chi connectivity index (χ2v) is 11.5. The average molecular weight is 546 g/mol. The molecule has 0 atom stereocenters. The zero-order valence-electron chi connectivity index (χ0n) is 22.4. The summed E-state index contributed by atoms with van der Waals surface area (Å²) in [5, 5.41) is 7.46. The van der Waals surface area contributed by atoms with Crippen LogP contribution in [0.3, 0.4) is 0 Å². The third-order valence-electron chi connectivity index (χ3n) is 6.35. The van der Waals surface area contributed by atoms with Gasteiger partial charge < -0.3 is 15.0 Å². The zero-order chi connectivity index (χ0) is 27.6. The van der Waals surface area contributed by atoms with Crippen LogP contribution >= 0.6 is 0 Å². The Hall–Kier alpha value is -3.29. The third-order valence-corrected chi connectivity index (χ3v) is 8.25. The van der Waals surface area contributed by atoms with E-state index in [9.17, 15) is 18.0 Å². The van der Waals surface area contributed by atoms with E-state index >= 15 is 0 Å². The van der Waals surface area contributed by atoms with Gasteiger partial charge in [-0.15, -0.1) is 5.10 Å². The van der Waals surface area contributed by atoms with Crippen molar-refractivity contribution in [1.29, 1.82) is 0 Å². The molecule has 0 aliphatic carbocycles. The Morgan fingerprint density at radius 2 is 1.89 bits per heavy atom. The summed E-state index contributed by atoms with van der Waals surface area (Å²) in [7, 11) is -3.84. The van der Waals surface area contributed by atoms with Gasteiger partial charge in [-0.1, -0.05) is 6.92 Å². The molecule has 13 heteroatoms. The Morgan fingerprint density at radius 3 is 2.53 bits per heavy atom. The largest absolute Gasteiger partial charge is 0.493 e. The number of piperazine rings is 1. The van der Waals surface area contributed by atoms with Crippen molar-refractivity contribution in [3.63, 3.8) is 0 Å². The summed E-state index contributed by atoms with van der Waals surface area (Å²) >= 11 is 0. The lowest BCUT2D eigenvalue weighted by molar-refractivity contribution is -0.123. The van der Waals surface area contributed by atoms with E-state index in [1.54, 1.807) is 13.0 Å². The van der Waals surface area contributed by atoms with E-state index in [0.29, 0.717) is 54.5 Å². The van der Waals surface area contributed by atoms with Gasteiger partial charge in [-0.25, -0.2) is 17.9 Å². The number of benzene rings is 1. The average Bonchev–Trinajstić information content (AvgIpc) is 3.20. The molecule has 1 fully saturated rings. The lowest BCUT2D eigenvalue weighted by atomic mass is 10.2. The minimum atomic E-state index is -3.84. The predicted octanol–water partition coefficient (Wildman–Crippen LogP) is 1.19. The van der Waals surface area contributed by atoms with Gasteiger partial charge in [0, 0.05) is 38.6 Å². The van der Waals surface area contributed by atoms with E-state index in [2.05, 4.69) is 20.4 Å². The molecule has 0 bridgehead atoms. The molecule has 0 unspecified atom stereocenters. The van der Waals surface area contributed by atoms with Crippen molar-refractivity contribution >= 4 is 21.4 Å². The van der Waals surface area contributed by atoms with E-state index in [-0.39, 0.29) is 47.9 Å². The monoisotopic (exact) mass is 545 g/mol. The van der Waals surface area contributed by atoms with Crippen LogP contribution in [0, 0.1) is 6.92 Å². The predicted molar refractivity (Wildman–Crippen MR) is 143 cm³/mol. The third kappa shape index (κ3) is 5.59. The van der Waals surface area contributed by atoms with Crippen LogP contribution in [-0.2, 0) is 21.2 Å².